The number of sulfone groups is 1. The molecule has 0 bridgehead atoms. The first-order valence-corrected chi connectivity index (χ1v) is 8.73. The van der Waals surface area contributed by atoms with Gasteiger partial charge >= 0.3 is 0 Å². The lowest BCUT2D eigenvalue weighted by atomic mass is 10.0. The molecule has 2 nitrogen and oxygen atoms in total. The van der Waals surface area contributed by atoms with Gasteiger partial charge in [0.1, 0.15) is 0 Å². The zero-order chi connectivity index (χ0) is 12.7. The van der Waals surface area contributed by atoms with Crippen molar-refractivity contribution in [1.82, 2.24) is 0 Å². The molecule has 0 fully saturated rings. The zero-order valence-corrected chi connectivity index (χ0v) is 13.7. The molecule has 1 heterocycles. The number of thiophene rings is 1. The van der Waals surface area contributed by atoms with Crippen LogP contribution in [0.4, 0.5) is 0 Å². The number of alkyl halides is 1. The Kier molecular flexibility index (Phi) is 4.40. The van der Waals surface area contributed by atoms with Crippen molar-refractivity contribution < 1.29 is 8.42 Å². The first-order chi connectivity index (χ1) is 7.07. The second-order valence-electron chi connectivity index (χ2n) is 4.02. The van der Waals surface area contributed by atoms with Crippen molar-refractivity contribution in [3.8, 4) is 0 Å². The highest BCUT2D eigenvalue weighted by Gasteiger charge is 2.39. The highest BCUT2D eigenvalue weighted by Crippen LogP contribution is 2.45. The van der Waals surface area contributed by atoms with Crippen LogP contribution in [-0.4, -0.2) is 19.4 Å². The molecule has 92 valence electrons. The molecule has 0 spiro atoms. The minimum atomic E-state index is -3.20. The molecule has 0 aromatic carbocycles. The first kappa shape index (κ1) is 14.8. The molecule has 0 aliphatic rings. The van der Waals surface area contributed by atoms with Gasteiger partial charge in [-0.15, -0.1) is 11.3 Å². The molecule has 1 aromatic rings. The predicted molar refractivity (Wildman–Crippen MR) is 74.9 cm³/mol. The molecule has 1 atom stereocenters. The summed E-state index contributed by atoms with van der Waals surface area (Å²) in [4.78, 5) is -0.383. The lowest BCUT2D eigenvalue weighted by Crippen LogP contribution is -2.35. The molecule has 0 saturated carbocycles. The van der Waals surface area contributed by atoms with Crippen molar-refractivity contribution in [3.63, 3.8) is 0 Å². The molecule has 0 amide bonds. The Hall–Kier alpha value is 0.710. The van der Waals surface area contributed by atoms with Gasteiger partial charge in [-0.2, -0.15) is 0 Å². The molecular weight excluding hydrogens is 355 g/mol. The molecule has 0 saturated heterocycles. The molecule has 7 heteroatoms. The van der Waals surface area contributed by atoms with E-state index in [0.29, 0.717) is 14.2 Å². The van der Waals surface area contributed by atoms with Crippen LogP contribution < -0.4 is 0 Å². The Balaban J connectivity index is 3.22. The largest absolute Gasteiger partial charge is 0.229 e. The first-order valence-electron chi connectivity index (χ1n) is 4.35. The van der Waals surface area contributed by atoms with Crippen LogP contribution in [0.3, 0.4) is 0 Å². The molecule has 0 aliphatic carbocycles. The molecule has 0 N–H and O–H groups in total. The van der Waals surface area contributed by atoms with Gasteiger partial charge in [-0.3, -0.25) is 0 Å². The summed E-state index contributed by atoms with van der Waals surface area (Å²) in [6.45, 7) is 3.31. The SMILES string of the molecule is CC(C)(C(Br)c1cc(Cl)sc1Cl)S(C)(=O)=O. The smallest absolute Gasteiger partial charge is 0.154 e. The van der Waals surface area contributed by atoms with Crippen molar-refractivity contribution in [2.75, 3.05) is 6.26 Å². The van der Waals surface area contributed by atoms with Crippen LogP contribution in [0, 0.1) is 0 Å². The Morgan fingerprint density at radius 2 is 1.94 bits per heavy atom. The highest BCUT2D eigenvalue weighted by molar-refractivity contribution is 9.09. The van der Waals surface area contributed by atoms with Crippen molar-refractivity contribution in [2.45, 2.75) is 23.4 Å². The average Bonchev–Trinajstić information content (AvgIpc) is 2.41. The van der Waals surface area contributed by atoms with Gasteiger partial charge in [0.05, 0.1) is 18.2 Å². The third-order valence-electron chi connectivity index (χ3n) is 2.52. The quantitative estimate of drug-likeness (QED) is 0.747. The summed E-state index contributed by atoms with van der Waals surface area (Å²) >= 11 is 16.5. The Morgan fingerprint density at radius 1 is 1.44 bits per heavy atom. The molecule has 0 radical (unpaired) electrons. The predicted octanol–water partition coefficient (Wildman–Crippen LogP) is 4.31. The van der Waals surface area contributed by atoms with E-state index in [9.17, 15) is 8.42 Å². The summed E-state index contributed by atoms with van der Waals surface area (Å²) in [7, 11) is -3.20. The molecule has 0 aliphatic heterocycles. The lowest BCUT2D eigenvalue weighted by molar-refractivity contribution is 0.549. The van der Waals surface area contributed by atoms with E-state index in [1.54, 1.807) is 19.9 Å². The van der Waals surface area contributed by atoms with Gasteiger partial charge < -0.3 is 0 Å². The van der Waals surface area contributed by atoms with Crippen LogP contribution >= 0.6 is 50.5 Å². The van der Waals surface area contributed by atoms with Gasteiger partial charge in [0, 0.05) is 6.26 Å². The van der Waals surface area contributed by atoms with Crippen LogP contribution in [0.15, 0.2) is 6.07 Å². The number of hydrogen-bond acceptors (Lipinski definition) is 3. The summed E-state index contributed by atoms with van der Waals surface area (Å²) in [6, 6.07) is 1.70. The second kappa shape index (κ2) is 4.76. The summed E-state index contributed by atoms with van der Waals surface area (Å²) in [6.07, 6.45) is 1.21. The molecule has 16 heavy (non-hydrogen) atoms. The topological polar surface area (TPSA) is 34.1 Å². The van der Waals surface area contributed by atoms with E-state index in [2.05, 4.69) is 15.9 Å². The summed E-state index contributed by atoms with van der Waals surface area (Å²) in [5, 5.41) is 0. The Morgan fingerprint density at radius 3 is 2.25 bits per heavy atom. The van der Waals surface area contributed by atoms with Crippen LogP contribution in [0.2, 0.25) is 8.67 Å². The zero-order valence-electron chi connectivity index (χ0n) is 8.92. The molecule has 1 unspecified atom stereocenters. The maximum absolute atomic E-state index is 11.7. The van der Waals surface area contributed by atoms with E-state index < -0.39 is 14.6 Å². The Labute approximate surface area is 118 Å². The van der Waals surface area contributed by atoms with Crippen molar-refractivity contribution in [3.05, 3.63) is 20.3 Å². The van der Waals surface area contributed by atoms with Gasteiger partial charge in [-0.05, 0) is 25.5 Å². The maximum Gasteiger partial charge on any atom is 0.154 e. The van der Waals surface area contributed by atoms with E-state index in [1.807, 2.05) is 0 Å². The van der Waals surface area contributed by atoms with E-state index >= 15 is 0 Å². The fourth-order valence-corrected chi connectivity index (χ4v) is 4.79. The van der Waals surface area contributed by atoms with Gasteiger partial charge in [0.25, 0.3) is 0 Å². The number of rotatable bonds is 3. The van der Waals surface area contributed by atoms with Crippen molar-refractivity contribution in [1.29, 1.82) is 0 Å². The highest BCUT2D eigenvalue weighted by atomic mass is 79.9. The minimum Gasteiger partial charge on any atom is -0.229 e. The molecule has 1 aromatic heterocycles. The standard InChI is InChI=1S/C9H11BrCl2O2S2/c1-9(2,16(3,13)14)7(10)5-4-6(11)15-8(5)12/h4,7H,1-3H3. The van der Waals surface area contributed by atoms with Crippen LogP contribution in [0.5, 0.6) is 0 Å². The van der Waals surface area contributed by atoms with Gasteiger partial charge in [-0.1, -0.05) is 39.1 Å². The fraction of sp³-hybridized carbons (Fsp3) is 0.556. The molecule has 1 rings (SSSR count). The van der Waals surface area contributed by atoms with Crippen molar-refractivity contribution >= 4 is 60.3 Å². The Bertz CT molecular complexity index is 494. The van der Waals surface area contributed by atoms with E-state index in [1.165, 1.54) is 17.6 Å². The van der Waals surface area contributed by atoms with Crippen LogP contribution in [-0.2, 0) is 9.84 Å². The third kappa shape index (κ3) is 2.75. The van der Waals surface area contributed by atoms with E-state index in [4.69, 9.17) is 23.2 Å². The van der Waals surface area contributed by atoms with Gasteiger partial charge in [0.2, 0.25) is 0 Å². The average molecular weight is 366 g/mol. The third-order valence-corrected chi connectivity index (χ3v) is 8.13. The fourth-order valence-electron chi connectivity index (χ4n) is 1.09. The summed E-state index contributed by atoms with van der Waals surface area (Å²) in [5.41, 5.74) is 0.715. The number of hydrogen-bond donors (Lipinski definition) is 0. The summed E-state index contributed by atoms with van der Waals surface area (Å²) < 4.78 is 23.5. The van der Waals surface area contributed by atoms with E-state index in [0.717, 1.165) is 0 Å². The van der Waals surface area contributed by atoms with Crippen LogP contribution in [0.1, 0.15) is 24.2 Å². The van der Waals surface area contributed by atoms with Crippen molar-refractivity contribution in [2.24, 2.45) is 0 Å². The number of halogens is 3. The lowest BCUT2D eigenvalue weighted by Gasteiger charge is -2.28. The van der Waals surface area contributed by atoms with Crippen LogP contribution in [0.25, 0.3) is 0 Å². The monoisotopic (exact) mass is 364 g/mol. The normalized spacial score (nSPS) is 15.1. The second-order valence-corrected chi connectivity index (χ2v) is 9.82. The summed E-state index contributed by atoms with van der Waals surface area (Å²) in [5.74, 6) is 0. The minimum absolute atomic E-state index is 0.383. The van der Waals surface area contributed by atoms with Gasteiger partial charge in [0.15, 0.2) is 9.84 Å². The maximum atomic E-state index is 11.7. The van der Waals surface area contributed by atoms with Gasteiger partial charge in [-0.25, -0.2) is 8.42 Å². The molecular formula is C9H11BrCl2O2S2. The van der Waals surface area contributed by atoms with E-state index in [-0.39, 0.29) is 4.83 Å².